The van der Waals surface area contributed by atoms with Crippen molar-refractivity contribution in [1.82, 2.24) is 9.62 Å². The molecule has 3 aromatic rings. The third kappa shape index (κ3) is 5.89. The van der Waals surface area contributed by atoms with Crippen molar-refractivity contribution in [1.29, 1.82) is 0 Å². The molecule has 0 radical (unpaired) electrons. The fourth-order valence-corrected chi connectivity index (χ4v) is 6.52. The number of hydrogen-bond acceptors (Lipinski definition) is 4. The number of fused-ring (bicyclic) bond motifs is 1. The monoisotopic (exact) mass is 610 g/mol. The van der Waals surface area contributed by atoms with Crippen molar-refractivity contribution in [2.45, 2.75) is 37.2 Å². The van der Waals surface area contributed by atoms with Gasteiger partial charge in [0.05, 0.1) is 22.7 Å². The second kappa shape index (κ2) is 11.1. The van der Waals surface area contributed by atoms with Crippen LogP contribution in [0.4, 0.5) is 0 Å². The lowest BCUT2D eigenvalue weighted by Crippen LogP contribution is -2.42. The molecular weight excluding hydrogens is 587 g/mol. The maximum Gasteiger partial charge on any atom is 0.255 e. The molecule has 36 heavy (non-hydrogen) atoms. The van der Waals surface area contributed by atoms with Crippen LogP contribution in [0.3, 0.4) is 0 Å². The number of amides is 1. The second-order valence-electron chi connectivity index (χ2n) is 8.66. The van der Waals surface area contributed by atoms with Gasteiger partial charge in [-0.3, -0.25) is 4.79 Å². The summed E-state index contributed by atoms with van der Waals surface area (Å²) in [7, 11) is -2.40. The van der Waals surface area contributed by atoms with Crippen LogP contribution >= 0.6 is 39.1 Å². The normalized spacial score (nSPS) is 15.5. The molecule has 0 fully saturated rings. The maximum atomic E-state index is 13.5. The Kier molecular flexibility index (Phi) is 8.32. The highest BCUT2D eigenvalue weighted by molar-refractivity contribution is 9.10. The summed E-state index contributed by atoms with van der Waals surface area (Å²) >= 11 is 16.1. The van der Waals surface area contributed by atoms with E-state index in [9.17, 15) is 13.2 Å². The van der Waals surface area contributed by atoms with E-state index in [4.69, 9.17) is 27.9 Å². The molecule has 3 aromatic carbocycles. The van der Waals surface area contributed by atoms with Crippen LogP contribution in [0.1, 0.15) is 34.0 Å². The lowest BCUT2D eigenvalue weighted by Gasteiger charge is -2.35. The van der Waals surface area contributed by atoms with E-state index in [1.807, 2.05) is 43.3 Å². The Morgan fingerprint density at radius 2 is 1.81 bits per heavy atom. The minimum atomic E-state index is -3.99. The number of hydrogen-bond donors (Lipinski definition) is 1. The first-order chi connectivity index (χ1) is 17.1. The first-order valence-corrected chi connectivity index (χ1v) is 14.3. The molecule has 0 saturated heterocycles. The Balaban J connectivity index is 1.53. The van der Waals surface area contributed by atoms with E-state index in [0.29, 0.717) is 19.4 Å². The lowest BCUT2D eigenvalue weighted by atomic mass is 9.94. The topological polar surface area (TPSA) is 75.7 Å². The standard InChI is InChI=1S/C26H25BrCl2N2O4S/c1-16-11-19-12-20(27)6-5-18(19)15-31(16)26(32)22-13-25(24(29)14-23(22)28)36(33,34)30-10-9-17-3-7-21(35-2)8-4-17/h3-8,12-14,16,30H,9-11,15H2,1-2H3. The molecule has 1 amide bonds. The SMILES string of the molecule is COc1ccc(CCNS(=O)(=O)c2cc(C(=O)N3Cc4ccc(Br)cc4CC3C)c(Cl)cc2Cl)cc1. The predicted molar refractivity (Wildman–Crippen MR) is 146 cm³/mol. The van der Waals surface area contributed by atoms with Gasteiger partial charge in [0.2, 0.25) is 10.0 Å². The van der Waals surface area contributed by atoms with Gasteiger partial charge in [-0.05, 0) is 72.9 Å². The quantitative estimate of drug-likeness (QED) is 0.362. The fraction of sp³-hybridized carbons (Fsp3) is 0.269. The Bertz CT molecular complexity index is 1400. The van der Waals surface area contributed by atoms with Crippen LogP contribution in [0, 0.1) is 0 Å². The number of halogens is 3. The van der Waals surface area contributed by atoms with E-state index in [1.165, 1.54) is 17.7 Å². The molecule has 1 N–H and O–H groups in total. The molecule has 1 heterocycles. The summed E-state index contributed by atoms with van der Waals surface area (Å²) in [5, 5.41) is 0.0615. The van der Waals surface area contributed by atoms with Gasteiger partial charge in [0.25, 0.3) is 5.91 Å². The van der Waals surface area contributed by atoms with Gasteiger partial charge < -0.3 is 9.64 Å². The Morgan fingerprint density at radius 1 is 1.08 bits per heavy atom. The van der Waals surface area contributed by atoms with Gasteiger partial charge in [-0.2, -0.15) is 0 Å². The minimum Gasteiger partial charge on any atom is -0.497 e. The molecule has 1 aliphatic rings. The van der Waals surface area contributed by atoms with Gasteiger partial charge in [0.15, 0.2) is 0 Å². The Morgan fingerprint density at radius 3 is 2.50 bits per heavy atom. The smallest absolute Gasteiger partial charge is 0.255 e. The molecule has 1 aliphatic heterocycles. The summed E-state index contributed by atoms with van der Waals surface area (Å²) in [6.45, 7) is 2.53. The fourth-order valence-electron chi connectivity index (χ4n) is 4.23. The number of carbonyl (C=O) groups is 1. The van der Waals surface area contributed by atoms with Crippen molar-refractivity contribution in [3.05, 3.63) is 91.4 Å². The van der Waals surface area contributed by atoms with Crippen LogP contribution < -0.4 is 9.46 Å². The third-order valence-electron chi connectivity index (χ3n) is 6.22. The minimum absolute atomic E-state index is 0.0459. The zero-order chi connectivity index (χ0) is 26.0. The van der Waals surface area contributed by atoms with Gasteiger partial charge in [0.1, 0.15) is 10.6 Å². The van der Waals surface area contributed by atoms with E-state index < -0.39 is 10.0 Å². The highest BCUT2D eigenvalue weighted by Crippen LogP contribution is 2.32. The van der Waals surface area contributed by atoms with Gasteiger partial charge in [-0.1, -0.05) is 57.3 Å². The summed E-state index contributed by atoms with van der Waals surface area (Å²) in [6, 6.07) is 15.9. The van der Waals surface area contributed by atoms with Crippen molar-refractivity contribution in [2.75, 3.05) is 13.7 Å². The summed E-state index contributed by atoms with van der Waals surface area (Å²) in [4.78, 5) is 15.0. The van der Waals surface area contributed by atoms with Crippen molar-refractivity contribution >= 4 is 55.1 Å². The number of nitrogens with one attached hydrogen (secondary N) is 1. The van der Waals surface area contributed by atoms with Crippen molar-refractivity contribution < 1.29 is 17.9 Å². The van der Waals surface area contributed by atoms with Crippen LogP contribution in [-0.2, 0) is 29.4 Å². The largest absolute Gasteiger partial charge is 0.497 e. The molecule has 6 nitrogen and oxygen atoms in total. The van der Waals surface area contributed by atoms with Crippen molar-refractivity contribution in [3.63, 3.8) is 0 Å². The van der Waals surface area contributed by atoms with Crippen molar-refractivity contribution in [3.8, 4) is 5.75 Å². The lowest BCUT2D eigenvalue weighted by molar-refractivity contribution is 0.0658. The number of rotatable bonds is 7. The van der Waals surface area contributed by atoms with Crippen LogP contribution in [0.2, 0.25) is 10.0 Å². The average Bonchev–Trinajstić information content (AvgIpc) is 2.83. The zero-order valence-electron chi connectivity index (χ0n) is 19.7. The van der Waals surface area contributed by atoms with Gasteiger partial charge in [-0.15, -0.1) is 0 Å². The molecule has 0 bridgehead atoms. The van der Waals surface area contributed by atoms with Gasteiger partial charge in [-0.25, -0.2) is 13.1 Å². The summed E-state index contributed by atoms with van der Waals surface area (Å²) in [5.41, 5.74) is 3.27. The highest BCUT2D eigenvalue weighted by atomic mass is 79.9. The molecule has 0 saturated carbocycles. The Hall–Kier alpha value is -2.10. The number of benzene rings is 3. The van der Waals surface area contributed by atoms with Crippen LogP contribution in [0.15, 0.2) is 64.0 Å². The number of methoxy groups -OCH3 is 1. The van der Waals surface area contributed by atoms with Crippen molar-refractivity contribution in [2.24, 2.45) is 0 Å². The average molecular weight is 612 g/mol. The summed E-state index contributed by atoms with van der Waals surface area (Å²) < 4.78 is 34.9. The first kappa shape index (κ1) is 26.9. The highest BCUT2D eigenvalue weighted by Gasteiger charge is 2.30. The summed E-state index contributed by atoms with van der Waals surface area (Å²) in [6.07, 6.45) is 1.16. The summed E-state index contributed by atoms with van der Waals surface area (Å²) in [5.74, 6) is 0.385. The number of nitrogens with zero attached hydrogens (tertiary/aromatic N) is 1. The van der Waals surface area contributed by atoms with Crippen LogP contribution in [0.25, 0.3) is 0 Å². The van der Waals surface area contributed by atoms with E-state index in [-0.39, 0.29) is 39.0 Å². The molecule has 0 aliphatic carbocycles. The van der Waals surface area contributed by atoms with Crippen LogP contribution in [-0.4, -0.2) is 38.9 Å². The third-order valence-corrected chi connectivity index (χ3v) is 8.96. The number of carbonyl (C=O) groups excluding carboxylic acids is 1. The van der Waals surface area contributed by atoms with Gasteiger partial charge >= 0.3 is 0 Å². The molecule has 0 spiro atoms. The molecule has 0 aromatic heterocycles. The van der Waals surface area contributed by atoms with Crippen LogP contribution in [0.5, 0.6) is 5.75 Å². The number of sulfonamides is 1. The molecule has 1 atom stereocenters. The van der Waals surface area contributed by atoms with E-state index in [0.717, 1.165) is 21.3 Å². The molecule has 1 unspecified atom stereocenters. The maximum absolute atomic E-state index is 13.5. The van der Waals surface area contributed by atoms with E-state index >= 15 is 0 Å². The molecule has 190 valence electrons. The first-order valence-electron chi connectivity index (χ1n) is 11.3. The van der Waals surface area contributed by atoms with E-state index in [1.54, 1.807) is 12.0 Å². The molecule has 10 heteroatoms. The zero-order valence-corrected chi connectivity index (χ0v) is 23.6. The van der Waals surface area contributed by atoms with Gasteiger partial charge in [0, 0.05) is 23.6 Å². The molecular formula is C26H25BrCl2N2O4S. The predicted octanol–water partition coefficient (Wildman–Crippen LogP) is 5.87. The van der Waals surface area contributed by atoms with E-state index in [2.05, 4.69) is 26.7 Å². The second-order valence-corrected chi connectivity index (χ2v) is 12.1. The Labute approximate surface area is 229 Å². The number of ether oxygens (including phenoxy) is 1. The molecule has 4 rings (SSSR count).